The first-order valence-electron chi connectivity index (χ1n) is 12.0. The number of hydrogen-bond donors (Lipinski definition) is 0. The van der Waals surface area contributed by atoms with Gasteiger partial charge in [-0.25, -0.2) is 4.39 Å². The van der Waals surface area contributed by atoms with Crippen LogP contribution in [0.1, 0.15) is 101 Å². The number of nitrogens with zero attached hydrogens (tertiary/aromatic N) is 1. The average molecular weight is 396 g/mol. The number of hydrogen-bond acceptors (Lipinski definition) is 1. The molecule has 2 heteroatoms. The lowest BCUT2D eigenvalue weighted by molar-refractivity contribution is 0.244. The summed E-state index contributed by atoms with van der Waals surface area (Å²) < 4.78 is 13.1. The Balaban J connectivity index is 1.22. The quantitative estimate of drug-likeness (QED) is 0.304. The molecule has 1 aromatic rings. The zero-order chi connectivity index (χ0) is 20.3. The first kappa shape index (κ1) is 22.1. The first-order chi connectivity index (χ1) is 14.2. The van der Waals surface area contributed by atoms with E-state index in [9.17, 15) is 4.39 Å². The number of nitriles is 1. The van der Waals surface area contributed by atoms with E-state index in [1.165, 1.54) is 89.0 Å². The lowest BCUT2D eigenvalue weighted by Crippen LogP contribution is -2.15. The molecule has 0 saturated heterocycles. The summed E-state index contributed by atoms with van der Waals surface area (Å²) >= 11 is 0. The Kier molecular flexibility index (Phi) is 9.26. The van der Waals surface area contributed by atoms with Gasteiger partial charge in [0, 0.05) is 6.08 Å². The standard InChI is InChI=1S/C27H38FN/c28-27-19-17-26(18-20-27)25-15-13-24(14-16-25)8-4-3-7-23-11-9-22(10-12-23)6-2-1-5-21-29/h1,5,17-20,22-25H,2-4,6-16H2/b5-1+/t22-,23-,24-,25-. The van der Waals surface area contributed by atoms with Crippen molar-refractivity contribution < 1.29 is 4.39 Å². The van der Waals surface area contributed by atoms with Gasteiger partial charge in [-0.05, 0) is 79.9 Å². The Labute approximate surface area is 177 Å². The van der Waals surface area contributed by atoms with Crippen molar-refractivity contribution in [3.8, 4) is 6.07 Å². The maximum atomic E-state index is 13.1. The summed E-state index contributed by atoms with van der Waals surface area (Å²) in [7, 11) is 0. The predicted molar refractivity (Wildman–Crippen MR) is 119 cm³/mol. The summed E-state index contributed by atoms with van der Waals surface area (Å²) in [4.78, 5) is 0. The van der Waals surface area contributed by atoms with Crippen LogP contribution < -0.4 is 0 Å². The van der Waals surface area contributed by atoms with Gasteiger partial charge >= 0.3 is 0 Å². The van der Waals surface area contributed by atoms with E-state index >= 15 is 0 Å². The Morgan fingerprint density at radius 2 is 1.31 bits per heavy atom. The highest BCUT2D eigenvalue weighted by atomic mass is 19.1. The molecule has 2 aliphatic rings. The molecule has 158 valence electrons. The van der Waals surface area contributed by atoms with E-state index in [4.69, 9.17) is 5.26 Å². The maximum Gasteiger partial charge on any atom is 0.123 e. The Hall–Kier alpha value is -1.62. The first-order valence-corrected chi connectivity index (χ1v) is 12.0. The molecule has 0 atom stereocenters. The highest BCUT2D eigenvalue weighted by Crippen LogP contribution is 2.38. The average Bonchev–Trinajstić information content (AvgIpc) is 2.76. The molecule has 3 rings (SSSR count). The molecule has 0 spiro atoms. The van der Waals surface area contributed by atoms with Crippen LogP contribution >= 0.6 is 0 Å². The summed E-state index contributed by atoms with van der Waals surface area (Å²) in [6, 6.07) is 9.28. The van der Waals surface area contributed by atoms with E-state index in [0.717, 1.165) is 24.2 Å². The van der Waals surface area contributed by atoms with Crippen LogP contribution in [0, 0.1) is 34.9 Å². The highest BCUT2D eigenvalue weighted by Gasteiger charge is 2.23. The number of unbranched alkanes of at least 4 members (excludes halogenated alkanes) is 1. The zero-order valence-corrected chi connectivity index (χ0v) is 18.0. The minimum atomic E-state index is -0.122. The van der Waals surface area contributed by atoms with E-state index < -0.39 is 0 Å². The van der Waals surface area contributed by atoms with Crippen molar-refractivity contribution in [3.05, 3.63) is 47.8 Å². The normalized spacial score (nSPS) is 27.7. The molecule has 2 saturated carbocycles. The van der Waals surface area contributed by atoms with Crippen LogP contribution in [-0.4, -0.2) is 0 Å². The van der Waals surface area contributed by atoms with Crippen LogP contribution in [0.4, 0.5) is 4.39 Å². The van der Waals surface area contributed by atoms with Gasteiger partial charge in [0.05, 0.1) is 6.07 Å². The van der Waals surface area contributed by atoms with Gasteiger partial charge in [-0.2, -0.15) is 5.26 Å². The van der Waals surface area contributed by atoms with Crippen LogP contribution in [-0.2, 0) is 0 Å². The lowest BCUT2D eigenvalue weighted by Gasteiger charge is -2.30. The van der Waals surface area contributed by atoms with E-state index in [1.54, 1.807) is 18.2 Å². The molecule has 2 aliphatic carbocycles. The van der Waals surface area contributed by atoms with Crippen molar-refractivity contribution >= 4 is 0 Å². The van der Waals surface area contributed by atoms with Crippen LogP contribution in [0.25, 0.3) is 0 Å². The van der Waals surface area contributed by atoms with Gasteiger partial charge in [0.2, 0.25) is 0 Å². The molecular formula is C27H38FN. The van der Waals surface area contributed by atoms with Crippen molar-refractivity contribution in [2.45, 2.75) is 95.8 Å². The Morgan fingerprint density at radius 1 is 0.793 bits per heavy atom. The van der Waals surface area contributed by atoms with Crippen molar-refractivity contribution in [2.75, 3.05) is 0 Å². The van der Waals surface area contributed by atoms with E-state index in [0.29, 0.717) is 5.92 Å². The van der Waals surface area contributed by atoms with Gasteiger partial charge in [0.15, 0.2) is 0 Å². The van der Waals surface area contributed by atoms with E-state index in [2.05, 4.69) is 6.07 Å². The molecule has 0 aromatic heterocycles. The summed E-state index contributed by atoms with van der Waals surface area (Å²) in [5, 5.41) is 8.54. The number of halogens is 1. The van der Waals surface area contributed by atoms with Gasteiger partial charge in [-0.3, -0.25) is 0 Å². The molecule has 0 unspecified atom stereocenters. The summed E-state index contributed by atoms with van der Waals surface area (Å²) in [6.45, 7) is 0. The fourth-order valence-electron chi connectivity index (χ4n) is 5.66. The Bertz CT molecular complexity index is 640. The SMILES string of the molecule is N#C/C=C/CC[C@H]1CC[C@H](CCCC[C@H]2CC[C@H](c3ccc(F)cc3)CC2)CC1. The minimum absolute atomic E-state index is 0.122. The molecule has 0 amide bonds. The van der Waals surface area contributed by atoms with Gasteiger partial charge in [0.1, 0.15) is 5.82 Å². The topological polar surface area (TPSA) is 23.8 Å². The van der Waals surface area contributed by atoms with Crippen molar-refractivity contribution in [1.29, 1.82) is 5.26 Å². The fraction of sp³-hybridized carbons (Fsp3) is 0.667. The zero-order valence-electron chi connectivity index (χ0n) is 18.0. The van der Waals surface area contributed by atoms with Crippen LogP contribution in [0.2, 0.25) is 0 Å². The van der Waals surface area contributed by atoms with Crippen molar-refractivity contribution in [2.24, 2.45) is 17.8 Å². The number of allylic oxidation sites excluding steroid dienone is 2. The highest BCUT2D eigenvalue weighted by molar-refractivity contribution is 5.20. The van der Waals surface area contributed by atoms with Gasteiger partial charge < -0.3 is 0 Å². The molecule has 1 aromatic carbocycles. The maximum absolute atomic E-state index is 13.1. The predicted octanol–water partition coefficient (Wildman–Crippen LogP) is 8.33. The second-order valence-corrected chi connectivity index (χ2v) is 9.55. The molecule has 2 fully saturated rings. The molecule has 0 aliphatic heterocycles. The van der Waals surface area contributed by atoms with Crippen LogP contribution in [0.3, 0.4) is 0 Å². The lowest BCUT2D eigenvalue weighted by atomic mass is 9.76. The molecule has 0 radical (unpaired) electrons. The Morgan fingerprint density at radius 3 is 1.86 bits per heavy atom. The second kappa shape index (κ2) is 12.2. The third-order valence-electron chi connectivity index (χ3n) is 7.56. The van der Waals surface area contributed by atoms with E-state index in [-0.39, 0.29) is 5.82 Å². The molecule has 0 heterocycles. The number of rotatable bonds is 9. The molecule has 0 bridgehead atoms. The summed E-state index contributed by atoms with van der Waals surface area (Å²) in [5.41, 5.74) is 1.33. The van der Waals surface area contributed by atoms with Crippen molar-refractivity contribution in [3.63, 3.8) is 0 Å². The van der Waals surface area contributed by atoms with E-state index in [1.807, 2.05) is 18.2 Å². The van der Waals surface area contributed by atoms with Gasteiger partial charge in [0.25, 0.3) is 0 Å². The molecule has 29 heavy (non-hydrogen) atoms. The van der Waals surface area contributed by atoms with Gasteiger partial charge in [-0.1, -0.05) is 69.6 Å². The monoisotopic (exact) mass is 395 g/mol. The molecule has 0 N–H and O–H groups in total. The van der Waals surface area contributed by atoms with Crippen LogP contribution in [0.5, 0.6) is 0 Å². The minimum Gasteiger partial charge on any atom is -0.207 e. The molecular weight excluding hydrogens is 357 g/mol. The van der Waals surface area contributed by atoms with Crippen molar-refractivity contribution in [1.82, 2.24) is 0 Å². The van der Waals surface area contributed by atoms with Gasteiger partial charge in [-0.15, -0.1) is 0 Å². The number of benzene rings is 1. The fourth-order valence-corrected chi connectivity index (χ4v) is 5.66. The largest absolute Gasteiger partial charge is 0.207 e. The third-order valence-corrected chi connectivity index (χ3v) is 7.56. The second-order valence-electron chi connectivity index (χ2n) is 9.55. The third kappa shape index (κ3) is 7.61. The summed E-state index contributed by atoms with van der Waals surface area (Å²) in [5.74, 6) is 3.31. The molecule has 1 nitrogen and oxygen atoms in total. The van der Waals surface area contributed by atoms with Crippen LogP contribution in [0.15, 0.2) is 36.4 Å². The summed E-state index contributed by atoms with van der Waals surface area (Å²) in [6.07, 6.45) is 22.6. The smallest absolute Gasteiger partial charge is 0.123 e.